The molecule has 0 radical (unpaired) electrons. The maximum absolute atomic E-state index is 15.0. The van der Waals surface area contributed by atoms with Gasteiger partial charge >= 0.3 is 6.18 Å². The topological polar surface area (TPSA) is 69.2 Å². The van der Waals surface area contributed by atoms with E-state index in [-0.39, 0.29) is 72.1 Å². The third kappa shape index (κ3) is 5.54. The summed E-state index contributed by atoms with van der Waals surface area (Å²) in [6.07, 6.45) is -2.81. The van der Waals surface area contributed by atoms with Gasteiger partial charge in [0, 0.05) is 43.3 Å². The molecule has 2 aromatic rings. The van der Waals surface area contributed by atoms with Gasteiger partial charge in [0.15, 0.2) is 5.75 Å². The Morgan fingerprint density at radius 2 is 1.98 bits per heavy atom. The lowest BCUT2D eigenvalue weighted by Crippen LogP contribution is -2.57. The van der Waals surface area contributed by atoms with Crippen molar-refractivity contribution in [2.45, 2.75) is 44.1 Å². The zero-order chi connectivity index (χ0) is 30.6. The fraction of sp³-hybridized carbons (Fsp3) is 0.483. The summed E-state index contributed by atoms with van der Waals surface area (Å²) < 4.78 is 61.0. The molecular weight excluding hydrogens is 578 g/mol. The minimum atomic E-state index is -4.38. The number of amides is 2. The highest BCUT2D eigenvalue weighted by Crippen LogP contribution is 2.47. The molecule has 0 saturated carbocycles. The molecular formula is C29H32ClF4N5O3. The summed E-state index contributed by atoms with van der Waals surface area (Å²) in [5.74, 6) is -1.08. The summed E-state index contributed by atoms with van der Waals surface area (Å²) in [5.41, 5.74) is -0.511. The quantitative estimate of drug-likeness (QED) is 0.364. The van der Waals surface area contributed by atoms with Crippen LogP contribution in [0.2, 0.25) is 5.02 Å². The maximum atomic E-state index is 15.0. The van der Waals surface area contributed by atoms with Gasteiger partial charge in [-0.3, -0.25) is 14.5 Å². The number of rotatable bonds is 5. The van der Waals surface area contributed by atoms with Gasteiger partial charge in [0.1, 0.15) is 28.8 Å². The number of benzene rings is 1. The predicted octanol–water partition coefficient (Wildman–Crippen LogP) is 4.62. The van der Waals surface area contributed by atoms with Gasteiger partial charge in [0.25, 0.3) is 5.91 Å². The van der Waals surface area contributed by atoms with E-state index in [4.69, 9.17) is 21.3 Å². The van der Waals surface area contributed by atoms with Crippen molar-refractivity contribution in [3.05, 3.63) is 53.3 Å². The molecule has 2 amide bonds. The molecule has 1 aromatic heterocycles. The Kier molecular flexibility index (Phi) is 7.90. The number of alkyl halides is 3. The zero-order valence-corrected chi connectivity index (χ0v) is 24.3. The molecule has 0 bridgehead atoms. The van der Waals surface area contributed by atoms with Crippen LogP contribution < -0.4 is 9.64 Å². The van der Waals surface area contributed by atoms with Gasteiger partial charge in [0.2, 0.25) is 5.91 Å². The SMILES string of the molecule is C=CC(=O)N1CCN2C(=O)c3c(N4C[C@@H](N(C)CC(F)(F)F)CC4(C)C)nc(-c4ccccc4F)c(Cl)c3OC[C@H]2C1. The van der Waals surface area contributed by atoms with E-state index in [1.807, 2.05) is 13.8 Å². The van der Waals surface area contributed by atoms with Crippen LogP contribution in [0.1, 0.15) is 30.6 Å². The van der Waals surface area contributed by atoms with Gasteiger partial charge < -0.3 is 19.4 Å². The van der Waals surface area contributed by atoms with E-state index in [0.717, 1.165) is 0 Å². The van der Waals surface area contributed by atoms with Crippen molar-refractivity contribution in [1.29, 1.82) is 0 Å². The van der Waals surface area contributed by atoms with E-state index in [2.05, 4.69) is 6.58 Å². The molecule has 0 aliphatic carbocycles. The van der Waals surface area contributed by atoms with Crippen LogP contribution in [0.25, 0.3) is 11.3 Å². The van der Waals surface area contributed by atoms with E-state index in [0.29, 0.717) is 6.42 Å². The van der Waals surface area contributed by atoms with E-state index >= 15 is 4.39 Å². The van der Waals surface area contributed by atoms with Crippen LogP contribution >= 0.6 is 11.6 Å². The van der Waals surface area contributed by atoms with Crippen molar-refractivity contribution in [2.75, 3.05) is 51.3 Å². The Morgan fingerprint density at radius 1 is 1.26 bits per heavy atom. The highest BCUT2D eigenvalue weighted by atomic mass is 35.5. The van der Waals surface area contributed by atoms with Crippen molar-refractivity contribution in [3.63, 3.8) is 0 Å². The average Bonchev–Trinajstić information content (AvgIpc) is 3.17. The molecule has 226 valence electrons. The van der Waals surface area contributed by atoms with Crippen LogP contribution in [0.15, 0.2) is 36.9 Å². The lowest BCUT2D eigenvalue weighted by Gasteiger charge is -2.40. The van der Waals surface area contributed by atoms with Crippen LogP contribution in [0.5, 0.6) is 5.75 Å². The van der Waals surface area contributed by atoms with E-state index in [9.17, 15) is 22.8 Å². The molecule has 2 fully saturated rings. The lowest BCUT2D eigenvalue weighted by molar-refractivity contribution is -0.146. The molecule has 0 unspecified atom stereocenters. The smallest absolute Gasteiger partial charge is 0.401 e. The normalized spacial score (nSPS) is 22.0. The number of fused-ring (bicyclic) bond motifs is 2. The van der Waals surface area contributed by atoms with Crippen molar-refractivity contribution < 1.29 is 31.9 Å². The fourth-order valence-corrected chi connectivity index (χ4v) is 6.39. The summed E-state index contributed by atoms with van der Waals surface area (Å²) in [7, 11) is 1.42. The largest absolute Gasteiger partial charge is 0.489 e. The van der Waals surface area contributed by atoms with Gasteiger partial charge in [-0.15, -0.1) is 0 Å². The first-order valence-corrected chi connectivity index (χ1v) is 14.0. The third-order valence-corrected chi connectivity index (χ3v) is 8.59. The maximum Gasteiger partial charge on any atom is 0.401 e. The van der Waals surface area contributed by atoms with Crippen LogP contribution in [-0.2, 0) is 4.79 Å². The molecule has 0 N–H and O–H groups in total. The van der Waals surface area contributed by atoms with E-state index in [1.165, 1.54) is 36.2 Å². The number of hydrogen-bond donors (Lipinski definition) is 0. The zero-order valence-electron chi connectivity index (χ0n) is 23.5. The monoisotopic (exact) mass is 609 g/mol. The summed E-state index contributed by atoms with van der Waals surface area (Å²) in [6.45, 7) is 7.04. The van der Waals surface area contributed by atoms with Crippen LogP contribution in [0.3, 0.4) is 0 Å². The Hall–Kier alpha value is -3.38. The molecule has 1 aromatic carbocycles. The number of piperazine rings is 1. The number of carbonyl (C=O) groups is 2. The molecule has 3 aliphatic heterocycles. The Bertz CT molecular complexity index is 1420. The second-order valence-electron chi connectivity index (χ2n) is 11.5. The minimum absolute atomic E-state index is 0.0138. The summed E-state index contributed by atoms with van der Waals surface area (Å²) in [5, 5.41) is -0.0474. The van der Waals surface area contributed by atoms with Crippen molar-refractivity contribution in [2.24, 2.45) is 0 Å². The Morgan fingerprint density at radius 3 is 2.64 bits per heavy atom. The van der Waals surface area contributed by atoms with Gasteiger partial charge in [-0.25, -0.2) is 9.37 Å². The average molecular weight is 610 g/mol. The van der Waals surface area contributed by atoms with Crippen molar-refractivity contribution in [3.8, 4) is 17.0 Å². The Balaban J connectivity index is 1.63. The number of pyridine rings is 1. The summed E-state index contributed by atoms with van der Waals surface area (Å²) >= 11 is 6.82. The second-order valence-corrected chi connectivity index (χ2v) is 11.9. The summed E-state index contributed by atoms with van der Waals surface area (Å²) in [6, 6.07) is 4.92. The van der Waals surface area contributed by atoms with Gasteiger partial charge in [-0.2, -0.15) is 13.2 Å². The number of ether oxygens (including phenoxy) is 1. The molecule has 5 rings (SSSR count). The van der Waals surface area contributed by atoms with Crippen molar-refractivity contribution >= 4 is 29.2 Å². The number of carbonyl (C=O) groups excluding carboxylic acids is 2. The first-order chi connectivity index (χ1) is 19.7. The molecule has 4 heterocycles. The lowest BCUT2D eigenvalue weighted by atomic mass is 9.98. The second kappa shape index (κ2) is 11.0. The van der Waals surface area contributed by atoms with Crippen LogP contribution in [0, 0.1) is 5.82 Å². The van der Waals surface area contributed by atoms with Crippen LogP contribution in [0.4, 0.5) is 23.4 Å². The number of aromatic nitrogens is 1. The highest BCUT2D eigenvalue weighted by Gasteiger charge is 2.47. The molecule has 2 saturated heterocycles. The number of hydrogen-bond acceptors (Lipinski definition) is 6. The van der Waals surface area contributed by atoms with Gasteiger partial charge in [-0.1, -0.05) is 30.3 Å². The first kappa shape index (κ1) is 30.1. The molecule has 3 aliphatic rings. The number of nitrogens with zero attached hydrogens (tertiary/aromatic N) is 5. The molecule has 2 atom stereocenters. The minimum Gasteiger partial charge on any atom is -0.489 e. The van der Waals surface area contributed by atoms with Gasteiger partial charge in [-0.05, 0) is 45.5 Å². The fourth-order valence-electron chi connectivity index (χ4n) is 6.09. The molecule has 0 spiro atoms. The standard InChI is InChI=1S/C29H32ClF4N5O3/c1-5-21(40)37-10-11-38-18(13-37)15-42-25-22(27(38)41)26(35-24(23(25)30)19-8-6-7-9-20(19)31)39-14-17(12-28(39,2)3)36(4)16-29(32,33)34/h5-9,17-18H,1,10-16H2,2-4H3/t17-,18+/m0/s1. The predicted molar refractivity (Wildman–Crippen MR) is 150 cm³/mol. The molecule has 13 heteroatoms. The van der Waals surface area contributed by atoms with Crippen molar-refractivity contribution in [1.82, 2.24) is 19.7 Å². The first-order valence-electron chi connectivity index (χ1n) is 13.6. The molecule has 8 nitrogen and oxygen atoms in total. The van der Waals surface area contributed by atoms with E-state index in [1.54, 1.807) is 20.8 Å². The number of likely N-dealkylation sites (N-methyl/N-ethyl adjacent to an activating group) is 1. The third-order valence-electron chi connectivity index (χ3n) is 8.24. The highest BCUT2D eigenvalue weighted by molar-refractivity contribution is 6.35. The Labute approximate surface area is 246 Å². The summed E-state index contributed by atoms with van der Waals surface area (Å²) in [4.78, 5) is 37.5. The molecule has 42 heavy (non-hydrogen) atoms. The number of anilines is 1. The van der Waals surface area contributed by atoms with E-state index < -0.39 is 42.1 Å². The van der Waals surface area contributed by atoms with Gasteiger partial charge in [0.05, 0.1) is 18.3 Å². The number of halogens is 5. The van der Waals surface area contributed by atoms with Crippen LogP contribution in [-0.4, -0.2) is 102 Å².